The van der Waals surface area contributed by atoms with Gasteiger partial charge < -0.3 is 19.5 Å². The molecule has 1 aliphatic heterocycles. The maximum atomic E-state index is 12.5. The van der Waals surface area contributed by atoms with Gasteiger partial charge in [-0.2, -0.15) is 0 Å². The number of thioether (sulfide) groups is 1. The lowest BCUT2D eigenvalue weighted by Gasteiger charge is -2.34. The first-order valence-corrected chi connectivity index (χ1v) is 10.5. The van der Waals surface area contributed by atoms with Crippen molar-refractivity contribution in [3.05, 3.63) is 66.1 Å². The van der Waals surface area contributed by atoms with Crippen LogP contribution in [0.15, 0.2) is 60.1 Å². The molecule has 0 radical (unpaired) electrons. The highest BCUT2D eigenvalue weighted by atomic mass is 32.2. The minimum atomic E-state index is -0.306. The highest BCUT2D eigenvalue weighted by molar-refractivity contribution is 7.98. The number of ether oxygens (including phenoxy) is 1. The molecular weight excluding hydrogens is 386 g/mol. The first kappa shape index (κ1) is 19.3. The average Bonchev–Trinajstić information content (AvgIpc) is 3.28. The molecular formula is C21H23N5O2S. The SMILES string of the molecule is Cc1ccc(N2CCN(C(=O)Oc3ccc(CSc4ncc[nH]4)cc3)CC2)nc1. The molecule has 8 heteroatoms. The van der Waals surface area contributed by atoms with Gasteiger partial charge in [-0.3, -0.25) is 0 Å². The van der Waals surface area contributed by atoms with Crippen molar-refractivity contribution >= 4 is 23.7 Å². The van der Waals surface area contributed by atoms with Gasteiger partial charge in [0.25, 0.3) is 0 Å². The number of rotatable bonds is 5. The van der Waals surface area contributed by atoms with Crippen LogP contribution < -0.4 is 9.64 Å². The van der Waals surface area contributed by atoms with Crippen molar-refractivity contribution in [1.29, 1.82) is 0 Å². The lowest BCUT2D eigenvalue weighted by Crippen LogP contribution is -2.49. The zero-order valence-corrected chi connectivity index (χ0v) is 17.1. The number of carbonyl (C=O) groups excluding carboxylic acids is 1. The van der Waals surface area contributed by atoms with Crippen LogP contribution in [0.2, 0.25) is 0 Å². The molecule has 0 saturated carbocycles. The Morgan fingerprint density at radius 3 is 2.55 bits per heavy atom. The molecule has 1 amide bonds. The van der Waals surface area contributed by atoms with E-state index in [1.165, 1.54) is 0 Å². The summed E-state index contributed by atoms with van der Waals surface area (Å²) >= 11 is 1.63. The third-order valence-electron chi connectivity index (χ3n) is 4.73. The second-order valence-electron chi connectivity index (χ2n) is 6.86. The van der Waals surface area contributed by atoms with E-state index in [4.69, 9.17) is 4.74 Å². The molecule has 150 valence electrons. The average molecular weight is 410 g/mol. The standard InChI is InChI=1S/C21H23N5O2S/c1-16-2-7-19(24-14-16)25-10-12-26(13-11-25)21(27)28-18-5-3-17(4-6-18)15-29-20-22-8-9-23-20/h2-9,14H,10-13,15H2,1H3,(H,22,23). The summed E-state index contributed by atoms with van der Waals surface area (Å²) < 4.78 is 5.54. The van der Waals surface area contributed by atoms with Crippen molar-refractivity contribution in [2.45, 2.75) is 17.8 Å². The zero-order chi connectivity index (χ0) is 20.1. The second-order valence-corrected chi connectivity index (χ2v) is 7.83. The summed E-state index contributed by atoms with van der Waals surface area (Å²) in [6.45, 7) is 4.75. The molecule has 1 saturated heterocycles. The van der Waals surface area contributed by atoms with Crippen LogP contribution in [-0.2, 0) is 5.75 Å². The molecule has 3 aromatic rings. The van der Waals surface area contributed by atoms with Gasteiger partial charge in [-0.15, -0.1) is 0 Å². The third kappa shape index (κ3) is 5.08. The number of carbonyl (C=O) groups is 1. The number of hydrogen-bond donors (Lipinski definition) is 1. The summed E-state index contributed by atoms with van der Waals surface area (Å²) in [6.07, 6.45) is 5.11. The Kier molecular flexibility index (Phi) is 6.00. The smallest absolute Gasteiger partial charge is 0.410 e. The van der Waals surface area contributed by atoms with Crippen molar-refractivity contribution < 1.29 is 9.53 Å². The minimum absolute atomic E-state index is 0.306. The van der Waals surface area contributed by atoms with E-state index in [1.54, 1.807) is 22.9 Å². The molecule has 7 nitrogen and oxygen atoms in total. The topological polar surface area (TPSA) is 74.3 Å². The number of piperazine rings is 1. The molecule has 1 aliphatic rings. The van der Waals surface area contributed by atoms with Gasteiger partial charge in [0.1, 0.15) is 11.6 Å². The first-order valence-electron chi connectivity index (χ1n) is 9.53. The number of benzene rings is 1. The molecule has 1 fully saturated rings. The third-order valence-corrected chi connectivity index (χ3v) is 5.71. The molecule has 4 rings (SSSR count). The lowest BCUT2D eigenvalue weighted by atomic mass is 10.2. The summed E-state index contributed by atoms with van der Waals surface area (Å²) in [5, 5.41) is 0.889. The number of nitrogens with zero attached hydrogens (tertiary/aromatic N) is 4. The quantitative estimate of drug-likeness (QED) is 0.648. The Labute approximate surface area is 174 Å². The Hall–Kier alpha value is -3.00. The van der Waals surface area contributed by atoms with E-state index in [1.807, 2.05) is 49.6 Å². The predicted molar refractivity (Wildman–Crippen MR) is 113 cm³/mol. The molecule has 0 spiro atoms. The molecule has 2 aromatic heterocycles. The van der Waals surface area contributed by atoms with Crippen LogP contribution >= 0.6 is 11.8 Å². The highest BCUT2D eigenvalue weighted by Gasteiger charge is 2.23. The van der Waals surface area contributed by atoms with E-state index in [-0.39, 0.29) is 6.09 Å². The van der Waals surface area contributed by atoms with Crippen LogP contribution in [0.25, 0.3) is 0 Å². The van der Waals surface area contributed by atoms with Gasteiger partial charge in [-0.25, -0.2) is 14.8 Å². The highest BCUT2D eigenvalue weighted by Crippen LogP contribution is 2.21. The molecule has 0 bridgehead atoms. The van der Waals surface area contributed by atoms with E-state index < -0.39 is 0 Å². The largest absolute Gasteiger partial charge is 0.415 e. The van der Waals surface area contributed by atoms with Gasteiger partial charge in [0.15, 0.2) is 5.16 Å². The number of pyridine rings is 1. The number of amides is 1. The van der Waals surface area contributed by atoms with Crippen molar-refractivity contribution in [3.63, 3.8) is 0 Å². The van der Waals surface area contributed by atoms with E-state index in [0.29, 0.717) is 18.8 Å². The van der Waals surface area contributed by atoms with E-state index in [0.717, 1.165) is 40.9 Å². The fraction of sp³-hybridized carbons (Fsp3) is 0.286. The molecule has 3 heterocycles. The van der Waals surface area contributed by atoms with Crippen molar-refractivity contribution in [2.24, 2.45) is 0 Å². The van der Waals surface area contributed by atoms with Crippen LogP contribution in [0, 0.1) is 6.92 Å². The van der Waals surface area contributed by atoms with Crippen LogP contribution in [-0.4, -0.2) is 52.1 Å². The second kappa shape index (κ2) is 9.00. The van der Waals surface area contributed by atoms with Crippen LogP contribution in [0.4, 0.5) is 10.6 Å². The maximum Gasteiger partial charge on any atom is 0.415 e. The van der Waals surface area contributed by atoms with Crippen LogP contribution in [0.1, 0.15) is 11.1 Å². The predicted octanol–water partition coefficient (Wildman–Crippen LogP) is 3.73. The number of aryl methyl sites for hydroxylation is 1. The zero-order valence-electron chi connectivity index (χ0n) is 16.2. The number of imidazole rings is 1. The normalized spacial score (nSPS) is 14.1. The number of H-pyrrole nitrogens is 1. The Balaban J connectivity index is 1.25. The van der Waals surface area contributed by atoms with E-state index in [2.05, 4.69) is 25.9 Å². The summed E-state index contributed by atoms with van der Waals surface area (Å²) in [4.78, 5) is 28.1. The molecule has 0 unspecified atom stereocenters. The van der Waals surface area contributed by atoms with Gasteiger partial charge in [0.05, 0.1) is 0 Å². The fourth-order valence-electron chi connectivity index (χ4n) is 3.07. The number of aromatic nitrogens is 3. The molecule has 1 N–H and O–H groups in total. The Morgan fingerprint density at radius 2 is 1.90 bits per heavy atom. The molecule has 0 atom stereocenters. The Morgan fingerprint density at radius 1 is 1.10 bits per heavy atom. The summed E-state index contributed by atoms with van der Waals surface area (Å²) in [7, 11) is 0. The van der Waals surface area contributed by atoms with Crippen LogP contribution in [0.3, 0.4) is 0 Å². The Bertz CT molecular complexity index is 921. The molecule has 29 heavy (non-hydrogen) atoms. The van der Waals surface area contributed by atoms with Crippen molar-refractivity contribution in [3.8, 4) is 5.75 Å². The minimum Gasteiger partial charge on any atom is -0.410 e. The molecule has 0 aliphatic carbocycles. The number of nitrogens with one attached hydrogen (secondary N) is 1. The van der Waals surface area contributed by atoms with Gasteiger partial charge in [0, 0.05) is 50.5 Å². The maximum absolute atomic E-state index is 12.5. The van der Waals surface area contributed by atoms with E-state index in [9.17, 15) is 4.79 Å². The van der Waals surface area contributed by atoms with Gasteiger partial charge in [0.2, 0.25) is 0 Å². The first-order chi connectivity index (χ1) is 14.2. The van der Waals surface area contributed by atoms with Crippen LogP contribution in [0.5, 0.6) is 5.75 Å². The van der Waals surface area contributed by atoms with E-state index >= 15 is 0 Å². The summed E-state index contributed by atoms with van der Waals surface area (Å²) in [5.41, 5.74) is 2.28. The summed E-state index contributed by atoms with van der Waals surface area (Å²) in [6, 6.07) is 11.7. The van der Waals surface area contributed by atoms with Gasteiger partial charge in [-0.05, 0) is 36.2 Å². The monoisotopic (exact) mass is 409 g/mol. The van der Waals surface area contributed by atoms with Gasteiger partial charge >= 0.3 is 6.09 Å². The van der Waals surface area contributed by atoms with Gasteiger partial charge in [-0.1, -0.05) is 30.0 Å². The summed E-state index contributed by atoms with van der Waals surface area (Å²) in [5.74, 6) is 2.31. The fourth-order valence-corrected chi connectivity index (χ4v) is 3.85. The van der Waals surface area contributed by atoms with Crippen molar-refractivity contribution in [2.75, 3.05) is 31.1 Å². The number of anilines is 1. The number of aromatic amines is 1. The van der Waals surface area contributed by atoms with Crippen molar-refractivity contribution in [1.82, 2.24) is 19.9 Å². The lowest BCUT2D eigenvalue weighted by molar-refractivity contribution is 0.149. The number of hydrogen-bond acceptors (Lipinski definition) is 6. The molecule has 1 aromatic carbocycles.